The van der Waals surface area contributed by atoms with Crippen LogP contribution < -0.4 is 11.1 Å². The predicted molar refractivity (Wildman–Crippen MR) is 94.4 cm³/mol. The minimum Gasteiger partial charge on any atom is -0.378 e. The number of anilines is 1. The van der Waals surface area contributed by atoms with Crippen LogP contribution >= 0.6 is 12.4 Å². The number of morpholine rings is 1. The molecular weight excluding hydrogens is 330 g/mol. The summed E-state index contributed by atoms with van der Waals surface area (Å²) in [4.78, 5) is 26.8. The van der Waals surface area contributed by atoms with Gasteiger partial charge in [0.1, 0.15) is 0 Å². The normalized spacial score (nSPS) is 23.5. The monoisotopic (exact) mass is 353 g/mol. The average molecular weight is 354 g/mol. The predicted octanol–water partition coefficient (Wildman–Crippen LogP) is 1.65. The van der Waals surface area contributed by atoms with E-state index in [1.54, 1.807) is 17.0 Å². The van der Waals surface area contributed by atoms with Gasteiger partial charge in [0, 0.05) is 25.0 Å². The van der Waals surface area contributed by atoms with Gasteiger partial charge in [-0.1, -0.05) is 12.1 Å². The number of benzene rings is 1. The molecule has 2 amide bonds. The lowest BCUT2D eigenvalue weighted by atomic mass is 10.1. The van der Waals surface area contributed by atoms with E-state index in [9.17, 15) is 9.59 Å². The number of nitrogens with zero attached hydrogens (tertiary/aromatic N) is 1. The summed E-state index contributed by atoms with van der Waals surface area (Å²) in [5.41, 5.74) is 6.99. The van der Waals surface area contributed by atoms with E-state index >= 15 is 0 Å². The van der Waals surface area contributed by atoms with Gasteiger partial charge in [-0.3, -0.25) is 9.59 Å². The molecule has 3 rings (SSSR count). The lowest BCUT2D eigenvalue weighted by molar-refractivity contribution is -0.119. The largest absolute Gasteiger partial charge is 0.378 e. The Morgan fingerprint density at radius 2 is 1.88 bits per heavy atom. The molecule has 2 atom stereocenters. The van der Waals surface area contributed by atoms with Crippen molar-refractivity contribution in [1.29, 1.82) is 0 Å². The van der Waals surface area contributed by atoms with Crippen molar-refractivity contribution in [3.63, 3.8) is 0 Å². The third-order valence-electron chi connectivity index (χ3n) is 4.56. The van der Waals surface area contributed by atoms with Crippen LogP contribution in [0.15, 0.2) is 24.3 Å². The zero-order chi connectivity index (χ0) is 16.2. The Morgan fingerprint density at radius 1 is 1.17 bits per heavy atom. The van der Waals surface area contributed by atoms with Crippen molar-refractivity contribution in [1.82, 2.24) is 4.90 Å². The molecule has 6 nitrogen and oxygen atoms in total. The molecule has 0 radical (unpaired) electrons. The molecule has 132 valence electrons. The summed E-state index contributed by atoms with van der Waals surface area (Å²) < 4.78 is 5.28. The van der Waals surface area contributed by atoms with Gasteiger partial charge < -0.3 is 20.7 Å². The van der Waals surface area contributed by atoms with Gasteiger partial charge in [-0.15, -0.1) is 12.4 Å². The first-order chi connectivity index (χ1) is 11.1. The number of nitrogens with two attached hydrogens (primary N) is 1. The van der Waals surface area contributed by atoms with Crippen molar-refractivity contribution in [2.24, 2.45) is 11.7 Å². The SMILES string of the molecule is Cl.NC1CCC(C(=O)Nc2ccccc2C(=O)N2CCOCC2)C1. The first-order valence-corrected chi connectivity index (χ1v) is 8.17. The molecule has 1 aromatic rings. The van der Waals surface area contributed by atoms with Crippen molar-refractivity contribution in [2.75, 3.05) is 31.6 Å². The van der Waals surface area contributed by atoms with Crippen LogP contribution in [0.25, 0.3) is 0 Å². The molecular formula is C17H24ClN3O3. The summed E-state index contributed by atoms with van der Waals surface area (Å²) in [5.74, 6) is -0.163. The topological polar surface area (TPSA) is 84.7 Å². The molecule has 2 fully saturated rings. The van der Waals surface area contributed by atoms with Crippen molar-refractivity contribution >= 4 is 29.9 Å². The Kier molecular flexibility index (Phi) is 6.60. The third kappa shape index (κ3) is 4.26. The van der Waals surface area contributed by atoms with Crippen LogP contribution in [0.3, 0.4) is 0 Å². The minimum absolute atomic E-state index is 0. The highest BCUT2D eigenvalue weighted by molar-refractivity contribution is 6.04. The molecule has 1 heterocycles. The molecule has 1 saturated heterocycles. The van der Waals surface area contributed by atoms with E-state index in [1.165, 1.54) is 0 Å². The van der Waals surface area contributed by atoms with Gasteiger partial charge in [0.15, 0.2) is 0 Å². The number of rotatable bonds is 3. The summed E-state index contributed by atoms with van der Waals surface area (Å²) >= 11 is 0. The first-order valence-electron chi connectivity index (χ1n) is 8.17. The molecule has 24 heavy (non-hydrogen) atoms. The van der Waals surface area contributed by atoms with Gasteiger partial charge in [0.25, 0.3) is 5.91 Å². The van der Waals surface area contributed by atoms with Crippen molar-refractivity contribution in [2.45, 2.75) is 25.3 Å². The van der Waals surface area contributed by atoms with Crippen LogP contribution in [0.5, 0.6) is 0 Å². The van der Waals surface area contributed by atoms with E-state index in [4.69, 9.17) is 10.5 Å². The average Bonchev–Trinajstić information content (AvgIpc) is 3.02. The van der Waals surface area contributed by atoms with Crippen LogP contribution in [0, 0.1) is 5.92 Å². The molecule has 2 aliphatic rings. The molecule has 3 N–H and O–H groups in total. The fourth-order valence-corrected chi connectivity index (χ4v) is 3.20. The zero-order valence-electron chi connectivity index (χ0n) is 13.6. The van der Waals surface area contributed by atoms with E-state index in [1.807, 2.05) is 12.1 Å². The van der Waals surface area contributed by atoms with Crippen molar-refractivity contribution < 1.29 is 14.3 Å². The molecule has 7 heteroatoms. The molecule has 0 spiro atoms. The number of hydrogen-bond donors (Lipinski definition) is 2. The van der Waals surface area contributed by atoms with Gasteiger partial charge >= 0.3 is 0 Å². The van der Waals surface area contributed by atoms with E-state index < -0.39 is 0 Å². The summed E-state index contributed by atoms with van der Waals surface area (Å²) in [7, 11) is 0. The standard InChI is InChI=1S/C17H23N3O3.ClH/c18-13-6-5-12(11-13)16(21)19-15-4-2-1-3-14(15)17(22)20-7-9-23-10-8-20;/h1-4,12-13H,5-11,18H2,(H,19,21);1H. The second-order valence-electron chi connectivity index (χ2n) is 6.21. The molecule has 0 aromatic heterocycles. The summed E-state index contributed by atoms with van der Waals surface area (Å²) in [6.45, 7) is 2.28. The quantitative estimate of drug-likeness (QED) is 0.865. The highest BCUT2D eigenvalue weighted by Crippen LogP contribution is 2.26. The number of ether oxygens (including phenoxy) is 1. The maximum Gasteiger partial charge on any atom is 0.256 e. The number of halogens is 1. The number of carbonyl (C=O) groups excluding carboxylic acids is 2. The van der Waals surface area contributed by atoms with Crippen LogP contribution in [0.1, 0.15) is 29.6 Å². The lowest BCUT2D eigenvalue weighted by Crippen LogP contribution is -2.41. The van der Waals surface area contributed by atoms with Gasteiger partial charge in [-0.05, 0) is 31.4 Å². The second kappa shape index (κ2) is 8.46. The van der Waals surface area contributed by atoms with Crippen LogP contribution in [-0.2, 0) is 9.53 Å². The highest BCUT2D eigenvalue weighted by Gasteiger charge is 2.29. The van der Waals surface area contributed by atoms with Crippen molar-refractivity contribution in [3.8, 4) is 0 Å². The van der Waals surface area contributed by atoms with Crippen LogP contribution in [0.2, 0.25) is 0 Å². The van der Waals surface area contributed by atoms with Gasteiger partial charge in [0.2, 0.25) is 5.91 Å². The summed E-state index contributed by atoms with van der Waals surface area (Å²) in [5, 5.41) is 2.92. The Labute approximate surface area is 148 Å². The smallest absolute Gasteiger partial charge is 0.256 e. The van der Waals surface area contributed by atoms with Gasteiger partial charge in [0.05, 0.1) is 24.5 Å². The number of nitrogens with one attached hydrogen (secondary N) is 1. The molecule has 1 aliphatic carbocycles. The Morgan fingerprint density at radius 3 is 2.54 bits per heavy atom. The molecule has 1 aromatic carbocycles. The number of hydrogen-bond acceptors (Lipinski definition) is 4. The Balaban J connectivity index is 0.00000208. The fourth-order valence-electron chi connectivity index (χ4n) is 3.20. The lowest BCUT2D eigenvalue weighted by Gasteiger charge is -2.27. The third-order valence-corrected chi connectivity index (χ3v) is 4.56. The summed E-state index contributed by atoms with van der Waals surface area (Å²) in [6, 6.07) is 7.28. The number of carbonyl (C=O) groups is 2. The number of para-hydroxylation sites is 1. The van der Waals surface area contributed by atoms with Crippen molar-refractivity contribution in [3.05, 3.63) is 29.8 Å². The van der Waals surface area contributed by atoms with E-state index in [0.717, 1.165) is 12.8 Å². The maximum atomic E-state index is 12.7. The minimum atomic E-state index is -0.0627. The van der Waals surface area contributed by atoms with Crippen LogP contribution in [0.4, 0.5) is 5.69 Å². The Hall–Kier alpha value is -1.63. The van der Waals surface area contributed by atoms with Gasteiger partial charge in [-0.25, -0.2) is 0 Å². The first kappa shape index (κ1) is 18.7. The fraction of sp³-hybridized carbons (Fsp3) is 0.529. The van der Waals surface area contributed by atoms with E-state index in [0.29, 0.717) is 44.0 Å². The number of amides is 2. The van der Waals surface area contributed by atoms with E-state index in [2.05, 4.69) is 5.32 Å². The summed E-state index contributed by atoms with van der Waals surface area (Å²) in [6.07, 6.45) is 2.41. The second-order valence-corrected chi connectivity index (χ2v) is 6.21. The highest BCUT2D eigenvalue weighted by atomic mass is 35.5. The van der Waals surface area contributed by atoms with Gasteiger partial charge in [-0.2, -0.15) is 0 Å². The Bertz CT molecular complexity index is 590. The van der Waals surface area contributed by atoms with Crippen LogP contribution in [-0.4, -0.2) is 49.1 Å². The maximum absolute atomic E-state index is 12.7. The molecule has 1 saturated carbocycles. The molecule has 2 unspecified atom stereocenters. The molecule has 0 bridgehead atoms. The molecule has 1 aliphatic heterocycles. The van der Waals surface area contributed by atoms with E-state index in [-0.39, 0.29) is 36.2 Å². The zero-order valence-corrected chi connectivity index (χ0v) is 14.4.